The molecule has 0 unspecified atom stereocenters. The number of halogens is 3. The molecule has 3 rings (SSSR count). The van der Waals surface area contributed by atoms with E-state index in [4.69, 9.17) is 32.7 Å². The fraction of sp³-hybridized carbons (Fsp3) is 0.192. The second-order valence-electron chi connectivity index (χ2n) is 7.51. The second kappa shape index (κ2) is 13.9. The third-order valence-corrected chi connectivity index (χ3v) is 5.87. The first-order valence-corrected chi connectivity index (χ1v) is 12.6. The van der Waals surface area contributed by atoms with Crippen molar-refractivity contribution in [3.8, 4) is 11.5 Å². The topological polar surface area (TPSA) is 89.0 Å². The summed E-state index contributed by atoms with van der Waals surface area (Å²) in [4.78, 5) is 24.3. The lowest BCUT2D eigenvalue weighted by atomic mass is 10.2. The van der Waals surface area contributed by atoms with E-state index >= 15 is 0 Å². The number of rotatable bonds is 11. The van der Waals surface area contributed by atoms with Gasteiger partial charge in [-0.25, -0.2) is 5.43 Å². The van der Waals surface area contributed by atoms with Gasteiger partial charge in [-0.05, 0) is 61.5 Å². The predicted molar refractivity (Wildman–Crippen MR) is 146 cm³/mol. The molecular formula is C26H24BrCl2N3O4. The summed E-state index contributed by atoms with van der Waals surface area (Å²) in [7, 11) is 0. The minimum absolute atomic E-state index is 0.0155. The van der Waals surface area contributed by atoms with Gasteiger partial charge < -0.3 is 14.8 Å². The van der Waals surface area contributed by atoms with Crippen molar-refractivity contribution in [1.82, 2.24) is 5.43 Å². The molecule has 0 spiro atoms. The van der Waals surface area contributed by atoms with Crippen LogP contribution in [-0.4, -0.2) is 24.6 Å². The average molecular weight is 593 g/mol. The summed E-state index contributed by atoms with van der Waals surface area (Å²) in [6.07, 6.45) is 1.47. The molecule has 7 nitrogen and oxygen atoms in total. The van der Waals surface area contributed by atoms with Crippen LogP contribution in [0.5, 0.6) is 11.5 Å². The van der Waals surface area contributed by atoms with Gasteiger partial charge in [0.1, 0.15) is 18.1 Å². The molecule has 0 heterocycles. The molecule has 2 N–H and O–H groups in total. The summed E-state index contributed by atoms with van der Waals surface area (Å²) >= 11 is 15.6. The highest BCUT2D eigenvalue weighted by Gasteiger charge is 2.09. The Morgan fingerprint density at radius 1 is 0.972 bits per heavy atom. The van der Waals surface area contributed by atoms with Gasteiger partial charge >= 0.3 is 0 Å². The monoisotopic (exact) mass is 591 g/mol. The molecule has 0 fully saturated rings. The molecule has 0 aromatic heterocycles. The van der Waals surface area contributed by atoms with Crippen LogP contribution in [0.3, 0.4) is 0 Å². The smallest absolute Gasteiger partial charge is 0.240 e. The zero-order valence-electron chi connectivity index (χ0n) is 19.4. The van der Waals surface area contributed by atoms with Crippen LogP contribution in [0.4, 0.5) is 5.69 Å². The maximum Gasteiger partial charge on any atom is 0.240 e. The van der Waals surface area contributed by atoms with E-state index in [1.165, 1.54) is 6.21 Å². The lowest BCUT2D eigenvalue weighted by Crippen LogP contribution is -2.20. The molecule has 10 heteroatoms. The Bertz CT molecular complexity index is 1240. The highest BCUT2D eigenvalue weighted by atomic mass is 79.9. The van der Waals surface area contributed by atoms with Gasteiger partial charge in [0.15, 0.2) is 0 Å². The van der Waals surface area contributed by atoms with Gasteiger partial charge in [0.2, 0.25) is 11.8 Å². The number of hydrogen-bond donors (Lipinski definition) is 2. The summed E-state index contributed by atoms with van der Waals surface area (Å²) in [5, 5.41) is 7.80. The van der Waals surface area contributed by atoms with Crippen LogP contribution >= 0.6 is 39.1 Å². The molecule has 0 bridgehead atoms. The van der Waals surface area contributed by atoms with E-state index < -0.39 is 5.91 Å². The molecule has 3 aromatic carbocycles. The molecule has 0 aliphatic heterocycles. The lowest BCUT2D eigenvalue weighted by Gasteiger charge is -2.11. The Kier molecular flexibility index (Phi) is 10.6. The summed E-state index contributed by atoms with van der Waals surface area (Å²) in [6.45, 7) is 2.70. The van der Waals surface area contributed by atoms with Crippen molar-refractivity contribution >= 4 is 62.8 Å². The average Bonchev–Trinajstić information content (AvgIpc) is 2.84. The van der Waals surface area contributed by atoms with Crippen molar-refractivity contribution in [2.45, 2.75) is 26.4 Å². The Balaban J connectivity index is 1.49. The Morgan fingerprint density at radius 2 is 1.72 bits per heavy atom. The van der Waals surface area contributed by atoms with Crippen LogP contribution in [0.15, 0.2) is 70.2 Å². The number of anilines is 1. The highest BCUT2D eigenvalue weighted by Crippen LogP contribution is 2.26. The lowest BCUT2D eigenvalue weighted by molar-refractivity contribution is -0.124. The number of hydrogen-bond acceptors (Lipinski definition) is 5. The van der Waals surface area contributed by atoms with Gasteiger partial charge in [0, 0.05) is 44.2 Å². The van der Waals surface area contributed by atoms with Crippen molar-refractivity contribution in [3.63, 3.8) is 0 Å². The molecule has 0 aliphatic rings. The number of carbonyl (C=O) groups excluding carboxylic acids is 2. The van der Waals surface area contributed by atoms with Crippen LogP contribution in [0.2, 0.25) is 10.0 Å². The number of ether oxygens (including phenoxy) is 2. The summed E-state index contributed by atoms with van der Waals surface area (Å²) < 4.78 is 12.1. The fourth-order valence-electron chi connectivity index (χ4n) is 3.03. The maximum absolute atomic E-state index is 12.1. The van der Waals surface area contributed by atoms with Gasteiger partial charge in [-0.15, -0.1) is 0 Å². The van der Waals surface area contributed by atoms with Crippen LogP contribution in [-0.2, 0) is 16.2 Å². The first kappa shape index (κ1) is 27.5. The number of benzene rings is 3. The largest absolute Gasteiger partial charge is 0.494 e. The van der Waals surface area contributed by atoms with Crippen molar-refractivity contribution < 1.29 is 19.1 Å². The summed E-state index contributed by atoms with van der Waals surface area (Å²) in [6, 6.07) is 17.6. The molecule has 0 aliphatic carbocycles. The van der Waals surface area contributed by atoms with Gasteiger partial charge in [-0.3, -0.25) is 9.59 Å². The summed E-state index contributed by atoms with van der Waals surface area (Å²) in [5.74, 6) is 0.609. The minimum Gasteiger partial charge on any atom is -0.494 e. The molecule has 0 radical (unpaired) electrons. The Morgan fingerprint density at radius 3 is 2.44 bits per heavy atom. The standard InChI is InChI=1S/C26H24BrCl2N3O4/c1-2-35-22-8-6-21(7-9-22)31-25(33)11-12-26(34)32-30-15-18-13-19(27)4-10-24(18)36-16-17-3-5-20(28)14-23(17)29/h3-10,13-15H,2,11-12,16H2,1H3,(H,31,33)(H,32,34). The number of nitrogens with one attached hydrogen (secondary N) is 2. The van der Waals surface area contributed by atoms with E-state index in [2.05, 4.69) is 31.8 Å². The maximum atomic E-state index is 12.1. The molecular weight excluding hydrogens is 569 g/mol. The second-order valence-corrected chi connectivity index (χ2v) is 9.26. The van der Waals surface area contributed by atoms with E-state index in [1.54, 1.807) is 54.6 Å². The Labute approximate surface area is 227 Å². The Hall–Kier alpha value is -3.07. The highest BCUT2D eigenvalue weighted by molar-refractivity contribution is 9.10. The molecule has 2 amide bonds. The van der Waals surface area contributed by atoms with Gasteiger partial charge in [0.05, 0.1) is 12.8 Å². The number of nitrogens with zero attached hydrogens (tertiary/aromatic N) is 1. The van der Waals surface area contributed by atoms with E-state index in [0.717, 1.165) is 15.8 Å². The predicted octanol–water partition coefficient (Wildman–Crippen LogP) is 6.60. The van der Waals surface area contributed by atoms with Gasteiger partial charge in [-0.1, -0.05) is 45.2 Å². The number of amides is 2. The fourth-order valence-corrected chi connectivity index (χ4v) is 3.87. The first-order chi connectivity index (χ1) is 17.3. The van der Waals surface area contributed by atoms with Crippen LogP contribution in [0.1, 0.15) is 30.9 Å². The summed E-state index contributed by atoms with van der Waals surface area (Å²) in [5.41, 5.74) is 4.49. The first-order valence-electron chi connectivity index (χ1n) is 11.0. The molecule has 0 saturated carbocycles. The number of hydrazone groups is 1. The van der Waals surface area contributed by atoms with Crippen molar-refractivity contribution in [2.75, 3.05) is 11.9 Å². The van der Waals surface area contributed by atoms with Crippen LogP contribution in [0.25, 0.3) is 0 Å². The number of carbonyl (C=O) groups is 2. The molecule has 188 valence electrons. The van der Waals surface area contributed by atoms with Gasteiger partial charge in [0.25, 0.3) is 0 Å². The van der Waals surface area contributed by atoms with E-state index in [0.29, 0.717) is 33.7 Å². The molecule has 0 atom stereocenters. The van der Waals surface area contributed by atoms with Crippen molar-refractivity contribution in [3.05, 3.63) is 86.3 Å². The molecule has 0 saturated heterocycles. The zero-order valence-corrected chi connectivity index (χ0v) is 22.5. The molecule has 36 heavy (non-hydrogen) atoms. The van der Waals surface area contributed by atoms with E-state index in [-0.39, 0.29) is 25.4 Å². The van der Waals surface area contributed by atoms with Crippen molar-refractivity contribution in [2.24, 2.45) is 5.10 Å². The minimum atomic E-state index is -0.390. The normalized spacial score (nSPS) is 10.8. The van der Waals surface area contributed by atoms with E-state index in [9.17, 15) is 9.59 Å². The SMILES string of the molecule is CCOc1ccc(NC(=O)CCC(=O)NN=Cc2cc(Br)ccc2OCc2ccc(Cl)cc2Cl)cc1. The quantitative estimate of drug-likeness (QED) is 0.194. The van der Waals surface area contributed by atoms with Crippen LogP contribution < -0.4 is 20.2 Å². The molecule has 3 aromatic rings. The third kappa shape index (κ3) is 8.86. The van der Waals surface area contributed by atoms with E-state index in [1.807, 2.05) is 13.0 Å². The van der Waals surface area contributed by atoms with Crippen LogP contribution in [0, 0.1) is 0 Å². The van der Waals surface area contributed by atoms with Gasteiger partial charge in [-0.2, -0.15) is 5.10 Å². The zero-order chi connectivity index (χ0) is 25.9. The third-order valence-electron chi connectivity index (χ3n) is 4.79. The van der Waals surface area contributed by atoms with Crippen molar-refractivity contribution in [1.29, 1.82) is 0 Å².